The predicted molar refractivity (Wildman–Crippen MR) is 95.4 cm³/mol. The number of aliphatic carboxylic acids is 1. The van der Waals surface area contributed by atoms with Crippen LogP contribution in [-0.4, -0.2) is 35.6 Å². The Morgan fingerprint density at radius 3 is 1.86 bits per heavy atom. The summed E-state index contributed by atoms with van der Waals surface area (Å²) in [4.78, 5) is 11.7. The van der Waals surface area contributed by atoms with Crippen LogP contribution in [0.3, 0.4) is 0 Å². The van der Waals surface area contributed by atoms with Crippen LogP contribution in [0.1, 0.15) is 91.4 Å². The lowest BCUT2D eigenvalue weighted by Crippen LogP contribution is -2.21. The molecule has 1 N–H and O–H groups in total. The van der Waals surface area contributed by atoms with E-state index in [9.17, 15) is 0 Å². The normalized spacial score (nSPS) is 18.0. The van der Waals surface area contributed by atoms with E-state index < -0.39 is 5.97 Å². The molecule has 0 spiro atoms. The third-order valence-corrected chi connectivity index (χ3v) is 4.34. The van der Waals surface area contributed by atoms with Gasteiger partial charge < -0.3 is 10.0 Å². The van der Waals surface area contributed by atoms with Crippen LogP contribution in [0.4, 0.5) is 0 Å². The fraction of sp³-hybridized carbons (Fsp3) is 0.947. The molecule has 0 aliphatic carbocycles. The molecule has 0 radical (unpaired) electrons. The first-order valence-corrected chi connectivity index (χ1v) is 9.48. The molecule has 1 saturated heterocycles. The first-order chi connectivity index (χ1) is 10.6. The number of likely N-dealkylation sites (tertiary alicyclic amines) is 1. The Bertz CT molecular complexity index is 252. The smallest absolute Gasteiger partial charge is 0.300 e. The van der Waals surface area contributed by atoms with Crippen molar-refractivity contribution >= 4 is 5.97 Å². The third-order valence-electron chi connectivity index (χ3n) is 4.34. The highest BCUT2D eigenvalue weighted by atomic mass is 16.4. The van der Waals surface area contributed by atoms with E-state index in [1.165, 1.54) is 90.3 Å². The van der Waals surface area contributed by atoms with E-state index in [4.69, 9.17) is 9.90 Å². The Morgan fingerprint density at radius 1 is 1.00 bits per heavy atom. The first-order valence-electron chi connectivity index (χ1n) is 9.48. The monoisotopic (exact) mass is 313 g/mol. The molecule has 1 fully saturated rings. The van der Waals surface area contributed by atoms with Gasteiger partial charge in [0.2, 0.25) is 0 Å². The van der Waals surface area contributed by atoms with Gasteiger partial charge in [0.25, 0.3) is 5.97 Å². The average Bonchev–Trinajstić information content (AvgIpc) is 2.86. The summed E-state index contributed by atoms with van der Waals surface area (Å²) in [6, 6.07) is 0. The minimum absolute atomic E-state index is 0.833. The summed E-state index contributed by atoms with van der Waals surface area (Å²) in [5, 5.41) is 7.42. The number of nitrogens with zero attached hydrogens (tertiary/aromatic N) is 1. The van der Waals surface area contributed by atoms with E-state index in [-0.39, 0.29) is 0 Å². The summed E-state index contributed by atoms with van der Waals surface area (Å²) >= 11 is 0. The summed E-state index contributed by atoms with van der Waals surface area (Å²) in [5.74, 6) is 0.119. The molecular formula is C19H39NO2. The summed E-state index contributed by atoms with van der Waals surface area (Å²) in [5.41, 5.74) is 0. The van der Waals surface area contributed by atoms with Gasteiger partial charge in [0, 0.05) is 13.5 Å². The molecule has 1 aliphatic heterocycles. The summed E-state index contributed by atoms with van der Waals surface area (Å²) in [6.45, 7) is 9.84. The SMILES string of the molecule is CC(=O)O.CCCCCCCCCCCCN1CCC(C)C1. The van der Waals surface area contributed by atoms with Crippen molar-refractivity contribution in [3.63, 3.8) is 0 Å². The molecule has 0 aromatic rings. The van der Waals surface area contributed by atoms with Crippen molar-refractivity contribution < 1.29 is 9.90 Å². The Labute approximate surface area is 138 Å². The third kappa shape index (κ3) is 15.8. The molecule has 0 aromatic carbocycles. The second-order valence-electron chi connectivity index (χ2n) is 6.90. The Balaban J connectivity index is 0.000000980. The number of rotatable bonds is 11. The molecule has 22 heavy (non-hydrogen) atoms. The van der Waals surface area contributed by atoms with Crippen molar-refractivity contribution in [2.24, 2.45) is 5.92 Å². The first kappa shape index (κ1) is 21.4. The average molecular weight is 314 g/mol. The van der Waals surface area contributed by atoms with Crippen molar-refractivity contribution in [3.8, 4) is 0 Å². The van der Waals surface area contributed by atoms with Gasteiger partial charge in [-0.2, -0.15) is 0 Å². The van der Waals surface area contributed by atoms with Gasteiger partial charge in [-0.05, 0) is 31.8 Å². The highest BCUT2D eigenvalue weighted by molar-refractivity contribution is 5.62. The van der Waals surface area contributed by atoms with E-state index in [2.05, 4.69) is 18.7 Å². The van der Waals surface area contributed by atoms with Crippen molar-refractivity contribution in [1.82, 2.24) is 4.90 Å². The molecule has 1 aliphatic rings. The van der Waals surface area contributed by atoms with Crippen molar-refractivity contribution in [1.29, 1.82) is 0 Å². The van der Waals surface area contributed by atoms with Crippen LogP contribution in [-0.2, 0) is 4.79 Å². The van der Waals surface area contributed by atoms with Crippen LogP contribution in [0.5, 0.6) is 0 Å². The van der Waals surface area contributed by atoms with Gasteiger partial charge >= 0.3 is 0 Å². The maximum atomic E-state index is 9.00. The Kier molecular flexibility index (Phi) is 14.9. The molecule has 3 nitrogen and oxygen atoms in total. The lowest BCUT2D eigenvalue weighted by atomic mass is 10.1. The standard InChI is InChI=1S/C17H35N.C2H4O2/c1-3-4-5-6-7-8-9-10-11-12-14-18-15-13-17(2)16-18;1-2(3)4/h17H,3-16H2,1-2H3;1H3,(H,3,4). The van der Waals surface area contributed by atoms with E-state index in [0.29, 0.717) is 0 Å². The van der Waals surface area contributed by atoms with Crippen LogP contribution < -0.4 is 0 Å². The van der Waals surface area contributed by atoms with E-state index >= 15 is 0 Å². The van der Waals surface area contributed by atoms with Gasteiger partial charge in [-0.15, -0.1) is 0 Å². The second kappa shape index (κ2) is 15.3. The fourth-order valence-electron chi connectivity index (χ4n) is 3.05. The highest BCUT2D eigenvalue weighted by Gasteiger charge is 2.17. The molecule has 3 heteroatoms. The summed E-state index contributed by atoms with van der Waals surface area (Å²) in [7, 11) is 0. The Hall–Kier alpha value is -0.570. The maximum absolute atomic E-state index is 9.00. The molecule has 0 bridgehead atoms. The molecular weight excluding hydrogens is 274 g/mol. The van der Waals surface area contributed by atoms with Crippen molar-refractivity contribution in [2.75, 3.05) is 19.6 Å². The van der Waals surface area contributed by atoms with Gasteiger partial charge in [-0.25, -0.2) is 0 Å². The minimum atomic E-state index is -0.833. The van der Waals surface area contributed by atoms with E-state index in [0.717, 1.165) is 12.8 Å². The number of unbranched alkanes of at least 4 members (excludes halogenated alkanes) is 9. The largest absolute Gasteiger partial charge is 0.481 e. The molecule has 0 aromatic heterocycles. The summed E-state index contributed by atoms with van der Waals surface area (Å²) in [6.07, 6.45) is 16.0. The number of carboxylic acid groups (broad SMARTS) is 1. The molecule has 0 amide bonds. The van der Waals surface area contributed by atoms with Gasteiger partial charge in [0.15, 0.2) is 0 Å². The number of hydrogen-bond donors (Lipinski definition) is 1. The van der Waals surface area contributed by atoms with E-state index in [1.807, 2.05) is 0 Å². The molecule has 1 atom stereocenters. The molecule has 1 unspecified atom stereocenters. The molecule has 1 heterocycles. The van der Waals surface area contributed by atoms with E-state index in [1.54, 1.807) is 0 Å². The van der Waals surface area contributed by atoms with Crippen LogP contribution >= 0.6 is 0 Å². The number of hydrogen-bond acceptors (Lipinski definition) is 2. The van der Waals surface area contributed by atoms with Crippen LogP contribution in [0, 0.1) is 5.92 Å². The van der Waals surface area contributed by atoms with Crippen LogP contribution in [0.2, 0.25) is 0 Å². The lowest BCUT2D eigenvalue weighted by molar-refractivity contribution is -0.134. The topological polar surface area (TPSA) is 40.5 Å². The van der Waals surface area contributed by atoms with Gasteiger partial charge in [0.1, 0.15) is 0 Å². The maximum Gasteiger partial charge on any atom is 0.300 e. The minimum Gasteiger partial charge on any atom is -0.481 e. The lowest BCUT2D eigenvalue weighted by Gasteiger charge is -2.14. The number of carboxylic acids is 1. The van der Waals surface area contributed by atoms with Gasteiger partial charge in [-0.1, -0.05) is 71.6 Å². The quantitative estimate of drug-likeness (QED) is 0.523. The Morgan fingerprint density at radius 2 is 1.45 bits per heavy atom. The summed E-state index contributed by atoms with van der Waals surface area (Å²) < 4.78 is 0. The van der Waals surface area contributed by atoms with Crippen molar-refractivity contribution in [2.45, 2.75) is 91.4 Å². The van der Waals surface area contributed by atoms with Crippen LogP contribution in [0.15, 0.2) is 0 Å². The van der Waals surface area contributed by atoms with Crippen LogP contribution in [0.25, 0.3) is 0 Å². The van der Waals surface area contributed by atoms with Gasteiger partial charge in [0.05, 0.1) is 0 Å². The zero-order valence-corrected chi connectivity index (χ0v) is 15.3. The predicted octanol–water partition coefficient (Wildman–Crippen LogP) is 5.34. The van der Waals surface area contributed by atoms with Crippen molar-refractivity contribution in [3.05, 3.63) is 0 Å². The van der Waals surface area contributed by atoms with Gasteiger partial charge in [-0.3, -0.25) is 4.79 Å². The fourth-order valence-corrected chi connectivity index (χ4v) is 3.05. The zero-order valence-electron chi connectivity index (χ0n) is 15.3. The molecule has 1 rings (SSSR count). The number of carbonyl (C=O) groups is 1. The highest BCUT2D eigenvalue weighted by Crippen LogP contribution is 2.16. The second-order valence-corrected chi connectivity index (χ2v) is 6.90. The zero-order chi connectivity index (χ0) is 16.6. The molecule has 0 saturated carbocycles. The molecule has 132 valence electrons.